The van der Waals surface area contributed by atoms with Crippen LogP contribution in [0.5, 0.6) is 0 Å². The van der Waals surface area contributed by atoms with Gasteiger partial charge >= 0.3 is 0 Å². The molecule has 0 amide bonds. The third-order valence-corrected chi connectivity index (χ3v) is 4.02. The Bertz CT molecular complexity index is 670. The van der Waals surface area contributed by atoms with Crippen molar-refractivity contribution in [3.63, 3.8) is 0 Å². The number of benzene rings is 1. The lowest BCUT2D eigenvalue weighted by molar-refractivity contribution is 0.767. The van der Waals surface area contributed by atoms with Gasteiger partial charge in [0.1, 0.15) is 0 Å². The van der Waals surface area contributed by atoms with E-state index >= 15 is 0 Å². The lowest BCUT2D eigenvalue weighted by Crippen LogP contribution is -2.20. The minimum atomic E-state index is 0.366. The molecule has 4 heteroatoms. The van der Waals surface area contributed by atoms with Gasteiger partial charge in [0.25, 0.3) is 0 Å². The standard InChI is InChI=1S/C15H17N3S/c1-11(9-12-7-8-19-10-12)16-15-17-13-5-3-4-6-14(13)18(15)2/h3-8,10-11H,9H2,1-2H3,(H,16,17). The van der Waals surface area contributed by atoms with Crippen LogP contribution in [0.1, 0.15) is 12.5 Å². The van der Waals surface area contributed by atoms with E-state index in [1.165, 1.54) is 5.56 Å². The number of hydrogen-bond donors (Lipinski definition) is 1. The van der Waals surface area contributed by atoms with Crippen LogP contribution in [0.2, 0.25) is 0 Å². The maximum absolute atomic E-state index is 4.64. The van der Waals surface area contributed by atoms with Crippen molar-refractivity contribution in [1.82, 2.24) is 9.55 Å². The molecule has 2 aromatic heterocycles. The molecule has 19 heavy (non-hydrogen) atoms. The Morgan fingerprint density at radius 1 is 1.32 bits per heavy atom. The number of nitrogens with one attached hydrogen (secondary N) is 1. The van der Waals surface area contributed by atoms with Gasteiger partial charge in [-0.25, -0.2) is 4.98 Å². The van der Waals surface area contributed by atoms with Gasteiger partial charge < -0.3 is 9.88 Å². The molecule has 0 bridgehead atoms. The van der Waals surface area contributed by atoms with Gasteiger partial charge in [-0.15, -0.1) is 0 Å². The molecular weight excluding hydrogens is 254 g/mol. The van der Waals surface area contributed by atoms with E-state index in [2.05, 4.69) is 51.7 Å². The van der Waals surface area contributed by atoms with E-state index in [4.69, 9.17) is 0 Å². The van der Waals surface area contributed by atoms with Crippen molar-refractivity contribution < 1.29 is 0 Å². The minimum Gasteiger partial charge on any atom is -0.353 e. The first kappa shape index (κ1) is 12.2. The molecule has 0 aliphatic heterocycles. The topological polar surface area (TPSA) is 29.9 Å². The van der Waals surface area contributed by atoms with Crippen molar-refractivity contribution in [2.45, 2.75) is 19.4 Å². The van der Waals surface area contributed by atoms with Gasteiger partial charge in [0.2, 0.25) is 5.95 Å². The summed E-state index contributed by atoms with van der Waals surface area (Å²) in [6, 6.07) is 10.8. The quantitative estimate of drug-likeness (QED) is 0.784. The highest BCUT2D eigenvalue weighted by Gasteiger charge is 2.10. The maximum atomic E-state index is 4.64. The fourth-order valence-corrected chi connectivity index (χ4v) is 2.99. The number of thiophene rings is 1. The zero-order valence-corrected chi connectivity index (χ0v) is 11.9. The second-order valence-corrected chi connectivity index (χ2v) is 5.64. The minimum absolute atomic E-state index is 0.366. The van der Waals surface area contributed by atoms with E-state index < -0.39 is 0 Å². The number of nitrogens with zero attached hydrogens (tertiary/aromatic N) is 2. The highest BCUT2D eigenvalue weighted by molar-refractivity contribution is 7.07. The molecule has 0 saturated heterocycles. The summed E-state index contributed by atoms with van der Waals surface area (Å²) in [4.78, 5) is 4.64. The molecule has 98 valence electrons. The van der Waals surface area contributed by atoms with Crippen molar-refractivity contribution in [1.29, 1.82) is 0 Å². The largest absolute Gasteiger partial charge is 0.353 e. The van der Waals surface area contributed by atoms with Gasteiger partial charge in [-0.1, -0.05) is 12.1 Å². The highest BCUT2D eigenvalue weighted by atomic mass is 32.1. The third-order valence-electron chi connectivity index (χ3n) is 3.28. The van der Waals surface area contributed by atoms with Gasteiger partial charge in [-0.2, -0.15) is 11.3 Å². The number of hydrogen-bond acceptors (Lipinski definition) is 3. The lowest BCUT2D eigenvalue weighted by atomic mass is 10.1. The molecule has 0 aliphatic rings. The summed E-state index contributed by atoms with van der Waals surface area (Å²) in [6.45, 7) is 2.19. The Kier molecular flexibility index (Phi) is 3.25. The van der Waals surface area contributed by atoms with E-state index in [1.54, 1.807) is 11.3 Å². The van der Waals surface area contributed by atoms with E-state index in [1.807, 2.05) is 18.2 Å². The third kappa shape index (κ3) is 2.49. The van der Waals surface area contributed by atoms with Crippen molar-refractivity contribution in [3.05, 3.63) is 46.7 Å². The summed E-state index contributed by atoms with van der Waals surface area (Å²) >= 11 is 1.75. The fraction of sp³-hybridized carbons (Fsp3) is 0.267. The number of imidazole rings is 1. The summed E-state index contributed by atoms with van der Waals surface area (Å²) in [5.41, 5.74) is 3.58. The summed E-state index contributed by atoms with van der Waals surface area (Å²) in [6.07, 6.45) is 1.02. The number of anilines is 1. The van der Waals surface area contributed by atoms with Crippen LogP contribution >= 0.6 is 11.3 Å². The molecule has 0 fully saturated rings. The normalized spacial score (nSPS) is 12.7. The first-order valence-electron chi connectivity index (χ1n) is 6.43. The smallest absolute Gasteiger partial charge is 0.203 e. The van der Waals surface area contributed by atoms with Crippen LogP contribution in [-0.2, 0) is 13.5 Å². The molecule has 3 aromatic rings. The number of rotatable bonds is 4. The molecule has 3 rings (SSSR count). The van der Waals surface area contributed by atoms with Crippen LogP contribution in [0.4, 0.5) is 5.95 Å². The molecular formula is C15H17N3S. The second kappa shape index (κ2) is 5.05. The maximum Gasteiger partial charge on any atom is 0.203 e. The van der Waals surface area contributed by atoms with Crippen molar-refractivity contribution in [2.24, 2.45) is 7.05 Å². The monoisotopic (exact) mass is 271 g/mol. The molecule has 1 aromatic carbocycles. The van der Waals surface area contributed by atoms with Gasteiger partial charge in [-0.05, 0) is 47.9 Å². The number of para-hydroxylation sites is 2. The van der Waals surface area contributed by atoms with Crippen molar-refractivity contribution >= 4 is 28.3 Å². The first-order valence-corrected chi connectivity index (χ1v) is 7.37. The van der Waals surface area contributed by atoms with Crippen LogP contribution in [0.3, 0.4) is 0 Å². The average Bonchev–Trinajstić information content (AvgIpc) is 3.00. The molecule has 1 N–H and O–H groups in total. The molecule has 0 saturated carbocycles. The number of aromatic nitrogens is 2. The van der Waals surface area contributed by atoms with Crippen LogP contribution in [-0.4, -0.2) is 15.6 Å². The van der Waals surface area contributed by atoms with Crippen LogP contribution in [0, 0.1) is 0 Å². The lowest BCUT2D eigenvalue weighted by Gasteiger charge is -2.13. The summed E-state index contributed by atoms with van der Waals surface area (Å²) in [5, 5.41) is 7.82. The zero-order chi connectivity index (χ0) is 13.2. The Balaban J connectivity index is 1.79. The highest BCUT2D eigenvalue weighted by Crippen LogP contribution is 2.19. The Hall–Kier alpha value is -1.81. The van der Waals surface area contributed by atoms with Crippen LogP contribution in [0.15, 0.2) is 41.1 Å². The van der Waals surface area contributed by atoms with E-state index in [-0.39, 0.29) is 0 Å². The van der Waals surface area contributed by atoms with Gasteiger partial charge in [-0.3, -0.25) is 0 Å². The van der Waals surface area contributed by atoms with Gasteiger partial charge in [0, 0.05) is 13.1 Å². The summed E-state index contributed by atoms with van der Waals surface area (Å²) in [7, 11) is 2.05. The molecule has 0 aliphatic carbocycles. The van der Waals surface area contributed by atoms with E-state index in [0.29, 0.717) is 6.04 Å². The summed E-state index contributed by atoms with van der Waals surface area (Å²) in [5.74, 6) is 0.934. The van der Waals surface area contributed by atoms with E-state index in [9.17, 15) is 0 Å². The Morgan fingerprint density at radius 3 is 2.89 bits per heavy atom. The molecule has 1 unspecified atom stereocenters. The van der Waals surface area contributed by atoms with Crippen LogP contribution < -0.4 is 5.32 Å². The van der Waals surface area contributed by atoms with Gasteiger partial charge in [0.05, 0.1) is 11.0 Å². The van der Waals surface area contributed by atoms with E-state index in [0.717, 1.165) is 23.4 Å². The van der Waals surface area contributed by atoms with Crippen LogP contribution in [0.25, 0.3) is 11.0 Å². The predicted molar refractivity (Wildman–Crippen MR) is 81.8 cm³/mol. The van der Waals surface area contributed by atoms with Gasteiger partial charge in [0.15, 0.2) is 0 Å². The number of fused-ring (bicyclic) bond motifs is 1. The SMILES string of the molecule is CC(Cc1ccsc1)Nc1nc2ccccc2n1C. The molecule has 0 radical (unpaired) electrons. The summed E-state index contributed by atoms with van der Waals surface area (Å²) < 4.78 is 2.11. The van der Waals surface area contributed by atoms with Crippen molar-refractivity contribution in [3.8, 4) is 0 Å². The Morgan fingerprint density at radius 2 is 2.16 bits per heavy atom. The number of aryl methyl sites for hydroxylation is 1. The molecule has 1 atom stereocenters. The molecule has 3 nitrogen and oxygen atoms in total. The molecule has 0 spiro atoms. The first-order chi connectivity index (χ1) is 9.24. The Labute approximate surface area is 116 Å². The molecule has 2 heterocycles. The van der Waals surface area contributed by atoms with Crippen molar-refractivity contribution in [2.75, 3.05) is 5.32 Å². The predicted octanol–water partition coefficient (Wildman–Crippen LogP) is 3.68. The zero-order valence-electron chi connectivity index (χ0n) is 11.1. The second-order valence-electron chi connectivity index (χ2n) is 4.86. The fourth-order valence-electron chi connectivity index (χ4n) is 2.31. The average molecular weight is 271 g/mol.